The van der Waals surface area contributed by atoms with E-state index in [1.807, 2.05) is 5.32 Å². The van der Waals surface area contributed by atoms with E-state index in [4.69, 9.17) is 28.3 Å². The van der Waals surface area contributed by atoms with Gasteiger partial charge in [-0.1, -0.05) is 36.2 Å². The summed E-state index contributed by atoms with van der Waals surface area (Å²) in [5.74, 6) is -2.31. The Morgan fingerprint density at radius 3 is 2.50 bits per heavy atom. The zero-order valence-corrected chi connectivity index (χ0v) is 14.0. The SMILES string of the molecule is CCc1nc(C(=O)NC(CF)C(=O)O)nn1-c1c(Cl)cccc1Cl. The second-order valence-electron chi connectivity index (χ2n) is 4.71. The van der Waals surface area contributed by atoms with Gasteiger partial charge in [-0.3, -0.25) is 4.79 Å². The van der Waals surface area contributed by atoms with Crippen LogP contribution in [0.1, 0.15) is 23.4 Å². The lowest BCUT2D eigenvalue weighted by atomic mass is 10.3. The fourth-order valence-corrected chi connectivity index (χ4v) is 2.49. The van der Waals surface area contributed by atoms with Crippen LogP contribution in [0.5, 0.6) is 0 Å². The van der Waals surface area contributed by atoms with Crippen LogP contribution in [-0.2, 0) is 11.2 Å². The number of hydrogen-bond donors (Lipinski definition) is 2. The molecule has 0 fully saturated rings. The number of carboxylic acid groups (broad SMARTS) is 1. The van der Waals surface area contributed by atoms with E-state index in [9.17, 15) is 14.0 Å². The molecule has 2 N–H and O–H groups in total. The van der Waals surface area contributed by atoms with E-state index < -0.39 is 24.6 Å². The van der Waals surface area contributed by atoms with Crippen molar-refractivity contribution in [2.75, 3.05) is 6.67 Å². The summed E-state index contributed by atoms with van der Waals surface area (Å²) in [6.07, 6.45) is 0.410. The fraction of sp³-hybridized carbons (Fsp3) is 0.286. The highest BCUT2D eigenvalue weighted by molar-refractivity contribution is 6.37. The molecule has 10 heteroatoms. The second kappa shape index (κ2) is 7.59. The number of nitrogens with one attached hydrogen (secondary N) is 1. The number of aromatic nitrogens is 3. The first kappa shape index (κ1) is 18.2. The fourth-order valence-electron chi connectivity index (χ4n) is 1.93. The van der Waals surface area contributed by atoms with E-state index in [0.717, 1.165) is 0 Å². The van der Waals surface area contributed by atoms with Gasteiger partial charge >= 0.3 is 5.97 Å². The van der Waals surface area contributed by atoms with Gasteiger partial charge in [-0.2, -0.15) is 0 Å². The normalized spacial score (nSPS) is 12.0. The molecule has 1 aromatic carbocycles. The molecule has 7 nitrogen and oxygen atoms in total. The van der Waals surface area contributed by atoms with Crippen LogP contribution in [0.25, 0.3) is 5.69 Å². The molecule has 0 bridgehead atoms. The average molecular weight is 375 g/mol. The Morgan fingerprint density at radius 1 is 1.38 bits per heavy atom. The van der Waals surface area contributed by atoms with Gasteiger partial charge in [0.05, 0.1) is 10.0 Å². The first-order valence-corrected chi connectivity index (χ1v) is 7.64. The number of amides is 1. The van der Waals surface area contributed by atoms with E-state index in [1.165, 1.54) is 4.68 Å². The van der Waals surface area contributed by atoms with Crippen LogP contribution >= 0.6 is 23.2 Å². The standard InChI is InChI=1S/C14H13Cl2FN4O3/c1-2-10-19-12(13(22)18-9(6-17)14(23)24)20-21(10)11-7(15)4-3-5-8(11)16/h3-5,9H,2,6H2,1H3,(H,18,22)(H,23,24). The topological polar surface area (TPSA) is 97.1 Å². The van der Waals surface area contributed by atoms with E-state index in [0.29, 0.717) is 28.0 Å². The number of carboxylic acids is 1. The predicted octanol–water partition coefficient (Wildman–Crippen LogP) is 2.29. The van der Waals surface area contributed by atoms with Gasteiger partial charge in [-0.05, 0) is 12.1 Å². The number of nitrogens with zero attached hydrogens (tertiary/aromatic N) is 3. The highest BCUT2D eigenvalue weighted by Gasteiger charge is 2.24. The third-order valence-corrected chi connectivity index (χ3v) is 3.71. The largest absolute Gasteiger partial charge is 0.480 e. The minimum Gasteiger partial charge on any atom is -0.480 e. The number of rotatable bonds is 6. The zero-order valence-electron chi connectivity index (χ0n) is 12.5. The Hall–Kier alpha value is -2.19. The van der Waals surface area contributed by atoms with Crippen molar-refractivity contribution in [1.29, 1.82) is 0 Å². The van der Waals surface area contributed by atoms with Crippen molar-refractivity contribution >= 4 is 35.1 Å². The number of hydrogen-bond acceptors (Lipinski definition) is 4. The average Bonchev–Trinajstić information content (AvgIpc) is 2.96. The van der Waals surface area contributed by atoms with Crippen molar-refractivity contribution in [2.24, 2.45) is 0 Å². The van der Waals surface area contributed by atoms with Crippen molar-refractivity contribution in [1.82, 2.24) is 20.1 Å². The molecule has 1 aromatic heterocycles. The van der Waals surface area contributed by atoms with E-state index in [-0.39, 0.29) is 5.82 Å². The van der Waals surface area contributed by atoms with Crippen molar-refractivity contribution in [3.8, 4) is 5.69 Å². The molecular weight excluding hydrogens is 362 g/mol. The summed E-state index contributed by atoms with van der Waals surface area (Å²) in [6.45, 7) is 0.535. The number of para-hydroxylation sites is 1. The zero-order chi connectivity index (χ0) is 17.9. The van der Waals surface area contributed by atoms with Gasteiger partial charge in [0, 0.05) is 6.42 Å². The van der Waals surface area contributed by atoms with Gasteiger partial charge in [0.25, 0.3) is 5.91 Å². The molecule has 0 aliphatic rings. The number of carbonyl (C=O) groups is 2. The Balaban J connectivity index is 2.41. The molecule has 128 valence electrons. The summed E-state index contributed by atoms with van der Waals surface area (Å²) in [5.41, 5.74) is 0.351. The molecule has 0 saturated carbocycles. The third-order valence-electron chi connectivity index (χ3n) is 3.10. The third kappa shape index (κ3) is 3.65. The summed E-state index contributed by atoms with van der Waals surface area (Å²) in [4.78, 5) is 26.9. The lowest BCUT2D eigenvalue weighted by Gasteiger charge is -2.09. The van der Waals surface area contributed by atoms with Gasteiger partial charge in [0.1, 0.15) is 18.2 Å². The van der Waals surface area contributed by atoms with Gasteiger partial charge in [0.2, 0.25) is 5.82 Å². The van der Waals surface area contributed by atoms with Gasteiger partial charge < -0.3 is 10.4 Å². The maximum atomic E-state index is 12.6. The first-order valence-electron chi connectivity index (χ1n) is 6.89. The quantitative estimate of drug-likeness (QED) is 0.808. The minimum atomic E-state index is -1.67. The molecule has 1 atom stereocenters. The summed E-state index contributed by atoms with van der Waals surface area (Å²) >= 11 is 12.3. The Morgan fingerprint density at radius 2 is 2.00 bits per heavy atom. The lowest BCUT2D eigenvalue weighted by Crippen LogP contribution is -2.42. The summed E-state index contributed by atoms with van der Waals surface area (Å²) in [6, 6.07) is 3.20. The first-order chi connectivity index (χ1) is 11.4. The van der Waals surface area contributed by atoms with Crippen LogP contribution in [-0.4, -0.2) is 44.5 Å². The van der Waals surface area contributed by atoms with Gasteiger partial charge in [-0.25, -0.2) is 18.9 Å². The molecule has 2 aromatic rings. The van der Waals surface area contributed by atoms with Crippen LogP contribution in [0, 0.1) is 0 Å². The van der Waals surface area contributed by atoms with E-state index in [1.54, 1.807) is 25.1 Å². The van der Waals surface area contributed by atoms with Crippen molar-refractivity contribution in [2.45, 2.75) is 19.4 Å². The summed E-state index contributed by atoms with van der Waals surface area (Å²) < 4.78 is 13.9. The maximum absolute atomic E-state index is 12.6. The van der Waals surface area contributed by atoms with Crippen LogP contribution in [0.15, 0.2) is 18.2 Å². The number of alkyl halides is 1. The molecule has 1 heterocycles. The number of halogens is 3. The Labute approximate surface area is 146 Å². The van der Waals surface area contributed by atoms with Crippen LogP contribution in [0.3, 0.4) is 0 Å². The smallest absolute Gasteiger partial charge is 0.328 e. The second-order valence-corrected chi connectivity index (χ2v) is 5.52. The van der Waals surface area contributed by atoms with Crippen molar-refractivity contribution in [3.63, 3.8) is 0 Å². The molecule has 0 aliphatic heterocycles. The monoisotopic (exact) mass is 374 g/mol. The minimum absolute atomic E-state index is 0.303. The number of aryl methyl sites for hydroxylation is 1. The summed E-state index contributed by atoms with van der Waals surface area (Å²) in [7, 11) is 0. The molecule has 0 aliphatic carbocycles. The molecule has 2 rings (SSSR count). The van der Waals surface area contributed by atoms with Crippen LogP contribution < -0.4 is 5.32 Å². The molecule has 0 saturated heterocycles. The summed E-state index contributed by atoms with van der Waals surface area (Å²) in [5, 5.41) is 15.4. The van der Waals surface area contributed by atoms with E-state index in [2.05, 4.69) is 10.1 Å². The Kier molecular flexibility index (Phi) is 5.74. The van der Waals surface area contributed by atoms with Crippen molar-refractivity contribution in [3.05, 3.63) is 39.9 Å². The molecule has 0 spiro atoms. The Bertz CT molecular complexity index is 761. The van der Waals surface area contributed by atoms with Crippen molar-refractivity contribution < 1.29 is 19.1 Å². The lowest BCUT2D eigenvalue weighted by molar-refractivity contribution is -0.139. The van der Waals surface area contributed by atoms with Gasteiger partial charge in [-0.15, -0.1) is 5.10 Å². The molecule has 24 heavy (non-hydrogen) atoms. The van der Waals surface area contributed by atoms with Crippen LogP contribution in [0.2, 0.25) is 10.0 Å². The van der Waals surface area contributed by atoms with Gasteiger partial charge in [0.15, 0.2) is 6.04 Å². The molecular formula is C14H13Cl2FN4O3. The van der Waals surface area contributed by atoms with Crippen LogP contribution in [0.4, 0.5) is 4.39 Å². The predicted molar refractivity (Wildman–Crippen MR) is 85.6 cm³/mol. The molecule has 1 unspecified atom stereocenters. The molecule has 0 radical (unpaired) electrons. The number of carbonyl (C=O) groups excluding carboxylic acids is 1. The highest BCUT2D eigenvalue weighted by atomic mass is 35.5. The highest BCUT2D eigenvalue weighted by Crippen LogP contribution is 2.28. The molecule has 1 amide bonds. The maximum Gasteiger partial charge on any atom is 0.328 e. The number of aliphatic carboxylic acids is 1. The number of benzene rings is 1. The van der Waals surface area contributed by atoms with E-state index >= 15 is 0 Å².